The third-order valence-corrected chi connectivity index (χ3v) is 4.05. The Kier molecular flexibility index (Phi) is 3.51. The topological polar surface area (TPSA) is 55.1 Å². The van der Waals surface area contributed by atoms with Crippen LogP contribution >= 0.6 is 15.9 Å². The molecule has 0 amide bonds. The van der Waals surface area contributed by atoms with E-state index in [1.807, 2.05) is 65.2 Å². The summed E-state index contributed by atoms with van der Waals surface area (Å²) in [5.41, 5.74) is 3.53. The Hall–Kier alpha value is -2.73. The van der Waals surface area contributed by atoms with Crippen LogP contribution in [0.5, 0.6) is 0 Å². The maximum Gasteiger partial charge on any atom is 0.227 e. The predicted molar refractivity (Wildman–Crippen MR) is 93.6 cm³/mol. The molecule has 0 saturated heterocycles. The Morgan fingerprint density at radius 1 is 0.913 bits per heavy atom. The second-order valence-electron chi connectivity index (χ2n) is 4.94. The lowest BCUT2D eigenvalue weighted by Gasteiger charge is -2.07. The summed E-state index contributed by atoms with van der Waals surface area (Å²) in [6.07, 6.45) is 3.55. The van der Waals surface area contributed by atoms with Crippen LogP contribution in [0.15, 0.2) is 71.6 Å². The highest BCUT2D eigenvalue weighted by Crippen LogP contribution is 2.24. The van der Waals surface area contributed by atoms with Gasteiger partial charge in [0.05, 0.1) is 22.2 Å². The van der Waals surface area contributed by atoms with Gasteiger partial charge in [0.1, 0.15) is 5.65 Å². The average Bonchev–Trinajstić information content (AvgIpc) is 3.02. The molecule has 0 spiro atoms. The summed E-state index contributed by atoms with van der Waals surface area (Å²) in [7, 11) is 0. The van der Waals surface area contributed by atoms with Crippen LogP contribution in [0.4, 0.5) is 11.6 Å². The minimum absolute atomic E-state index is 0.552. The highest BCUT2D eigenvalue weighted by atomic mass is 79.9. The van der Waals surface area contributed by atoms with Crippen molar-refractivity contribution in [1.29, 1.82) is 0 Å². The Morgan fingerprint density at radius 3 is 2.65 bits per heavy atom. The van der Waals surface area contributed by atoms with E-state index < -0.39 is 0 Å². The zero-order valence-electron chi connectivity index (χ0n) is 12.0. The largest absolute Gasteiger partial charge is 0.324 e. The van der Waals surface area contributed by atoms with E-state index in [1.165, 1.54) is 0 Å². The summed E-state index contributed by atoms with van der Waals surface area (Å²) in [4.78, 5) is 13.3. The number of fused-ring (bicyclic) bond motifs is 1. The smallest absolute Gasteiger partial charge is 0.227 e. The number of halogens is 1. The molecule has 23 heavy (non-hydrogen) atoms. The summed E-state index contributed by atoms with van der Waals surface area (Å²) in [5.74, 6) is 0.552. The van der Waals surface area contributed by atoms with Crippen molar-refractivity contribution in [2.45, 2.75) is 0 Å². The molecule has 0 bridgehead atoms. The van der Waals surface area contributed by atoms with Crippen molar-refractivity contribution < 1.29 is 0 Å². The molecule has 0 unspecified atom stereocenters. The van der Waals surface area contributed by atoms with Gasteiger partial charge in [-0.25, -0.2) is 15.0 Å². The first-order valence-corrected chi connectivity index (χ1v) is 7.88. The molecule has 6 heteroatoms. The number of hydrogen-bond acceptors (Lipinski definition) is 4. The van der Waals surface area contributed by atoms with Gasteiger partial charge in [-0.2, -0.15) is 0 Å². The first kappa shape index (κ1) is 13.9. The number of nitrogens with zero attached hydrogens (tertiary/aromatic N) is 4. The Morgan fingerprint density at radius 2 is 1.78 bits per heavy atom. The normalized spacial score (nSPS) is 10.8. The van der Waals surface area contributed by atoms with Gasteiger partial charge >= 0.3 is 0 Å². The Labute approximate surface area is 141 Å². The molecule has 1 aromatic carbocycles. The molecule has 112 valence electrons. The van der Waals surface area contributed by atoms with E-state index in [9.17, 15) is 0 Å². The molecule has 0 saturated carbocycles. The monoisotopic (exact) mass is 365 g/mol. The van der Waals surface area contributed by atoms with Crippen molar-refractivity contribution in [3.8, 4) is 11.4 Å². The lowest BCUT2D eigenvalue weighted by atomic mass is 10.3. The maximum atomic E-state index is 4.60. The summed E-state index contributed by atoms with van der Waals surface area (Å²) in [5, 5.41) is 3.21. The average molecular weight is 366 g/mol. The first-order valence-electron chi connectivity index (χ1n) is 7.09. The third-order valence-electron chi connectivity index (χ3n) is 3.43. The molecule has 0 aliphatic heterocycles. The van der Waals surface area contributed by atoms with Crippen molar-refractivity contribution in [3.05, 3.63) is 71.6 Å². The van der Waals surface area contributed by atoms with Gasteiger partial charge in [0.15, 0.2) is 0 Å². The number of hydrogen-bond donors (Lipinski definition) is 1. The van der Waals surface area contributed by atoms with Gasteiger partial charge in [-0.3, -0.25) is 4.40 Å². The van der Waals surface area contributed by atoms with Crippen molar-refractivity contribution >= 4 is 33.2 Å². The molecular formula is C17H12BrN5. The van der Waals surface area contributed by atoms with Crippen LogP contribution in [0, 0.1) is 0 Å². The third kappa shape index (κ3) is 2.68. The molecule has 0 aliphatic rings. The second kappa shape index (κ2) is 5.81. The van der Waals surface area contributed by atoms with E-state index in [2.05, 4.69) is 36.2 Å². The number of aromatic nitrogens is 4. The van der Waals surface area contributed by atoms with Crippen LogP contribution < -0.4 is 5.32 Å². The summed E-state index contributed by atoms with van der Waals surface area (Å²) >= 11 is 3.56. The number of pyridine rings is 1. The quantitative estimate of drug-likeness (QED) is 0.550. The SMILES string of the molecule is Brc1cccc2ncc(-c3ccnc(Nc4ccccc4)n3)n12. The summed E-state index contributed by atoms with van der Waals surface area (Å²) in [6.45, 7) is 0. The molecule has 0 fully saturated rings. The number of benzene rings is 1. The lowest BCUT2D eigenvalue weighted by molar-refractivity contribution is 1.11. The van der Waals surface area contributed by atoms with Crippen LogP contribution in [-0.2, 0) is 0 Å². The van der Waals surface area contributed by atoms with Crippen molar-refractivity contribution in [1.82, 2.24) is 19.4 Å². The second-order valence-corrected chi connectivity index (χ2v) is 5.75. The Bertz CT molecular complexity index is 965. The molecular weight excluding hydrogens is 354 g/mol. The van der Waals surface area contributed by atoms with E-state index in [4.69, 9.17) is 0 Å². The van der Waals surface area contributed by atoms with E-state index in [0.29, 0.717) is 5.95 Å². The van der Waals surface area contributed by atoms with Crippen molar-refractivity contribution in [2.75, 3.05) is 5.32 Å². The van der Waals surface area contributed by atoms with E-state index in [1.54, 1.807) is 6.20 Å². The number of imidazole rings is 1. The molecule has 1 N–H and O–H groups in total. The first-order chi connectivity index (χ1) is 11.3. The van der Waals surface area contributed by atoms with Gasteiger partial charge < -0.3 is 5.32 Å². The Balaban J connectivity index is 1.76. The van der Waals surface area contributed by atoms with Crippen LogP contribution in [-0.4, -0.2) is 19.4 Å². The molecule has 0 atom stereocenters. The molecule has 4 rings (SSSR count). The predicted octanol–water partition coefficient (Wildman–Crippen LogP) is 4.30. The van der Waals surface area contributed by atoms with E-state index in [0.717, 1.165) is 27.3 Å². The van der Waals surface area contributed by atoms with Crippen LogP contribution in [0.3, 0.4) is 0 Å². The zero-order valence-corrected chi connectivity index (χ0v) is 13.6. The fourth-order valence-corrected chi connectivity index (χ4v) is 2.91. The highest BCUT2D eigenvalue weighted by molar-refractivity contribution is 9.10. The minimum Gasteiger partial charge on any atom is -0.324 e. The summed E-state index contributed by atoms with van der Waals surface area (Å²) < 4.78 is 2.94. The van der Waals surface area contributed by atoms with Gasteiger partial charge in [-0.1, -0.05) is 24.3 Å². The number of anilines is 2. The molecule has 5 nitrogen and oxygen atoms in total. The van der Waals surface area contributed by atoms with Crippen molar-refractivity contribution in [3.63, 3.8) is 0 Å². The standard InChI is InChI=1S/C17H12BrN5/c18-15-7-4-8-16-20-11-14(23(15)16)13-9-10-19-17(22-13)21-12-5-2-1-3-6-12/h1-11H,(H,19,21,22). The molecule has 3 heterocycles. The fraction of sp³-hybridized carbons (Fsp3) is 0. The molecule has 3 aromatic heterocycles. The lowest BCUT2D eigenvalue weighted by Crippen LogP contribution is -1.99. The molecule has 0 aliphatic carbocycles. The maximum absolute atomic E-state index is 4.60. The number of rotatable bonds is 3. The van der Waals surface area contributed by atoms with Gasteiger partial charge in [-0.15, -0.1) is 0 Å². The highest BCUT2D eigenvalue weighted by Gasteiger charge is 2.10. The van der Waals surface area contributed by atoms with Crippen LogP contribution in [0.1, 0.15) is 0 Å². The van der Waals surface area contributed by atoms with Gasteiger partial charge in [0.25, 0.3) is 0 Å². The van der Waals surface area contributed by atoms with E-state index in [-0.39, 0.29) is 0 Å². The number of para-hydroxylation sites is 1. The molecule has 4 aromatic rings. The fourth-order valence-electron chi connectivity index (χ4n) is 2.39. The van der Waals surface area contributed by atoms with Crippen molar-refractivity contribution in [2.24, 2.45) is 0 Å². The zero-order chi connectivity index (χ0) is 15.6. The minimum atomic E-state index is 0.552. The number of nitrogens with one attached hydrogen (secondary N) is 1. The van der Waals surface area contributed by atoms with Crippen LogP contribution in [0.25, 0.3) is 17.0 Å². The van der Waals surface area contributed by atoms with Gasteiger partial charge in [0, 0.05) is 11.9 Å². The van der Waals surface area contributed by atoms with Crippen LogP contribution in [0.2, 0.25) is 0 Å². The van der Waals surface area contributed by atoms with Gasteiger partial charge in [-0.05, 0) is 46.3 Å². The summed E-state index contributed by atoms with van der Waals surface area (Å²) in [6, 6.07) is 17.6. The van der Waals surface area contributed by atoms with E-state index >= 15 is 0 Å². The van der Waals surface area contributed by atoms with Gasteiger partial charge in [0.2, 0.25) is 5.95 Å². The molecule has 0 radical (unpaired) electrons.